The summed E-state index contributed by atoms with van der Waals surface area (Å²) in [4.78, 5) is 17.5. The summed E-state index contributed by atoms with van der Waals surface area (Å²) in [5.74, 6) is 3.70. The maximum Gasteiger partial charge on any atom is 0.227 e. The summed E-state index contributed by atoms with van der Waals surface area (Å²) in [6.07, 6.45) is 6.34. The summed E-state index contributed by atoms with van der Waals surface area (Å²) >= 11 is 0. The smallest absolute Gasteiger partial charge is 0.227 e. The molecule has 8 heteroatoms. The topological polar surface area (TPSA) is 95.4 Å². The van der Waals surface area contributed by atoms with Gasteiger partial charge in [0.1, 0.15) is 5.82 Å². The molecule has 0 radical (unpaired) electrons. The van der Waals surface area contributed by atoms with Crippen LogP contribution in [0.25, 0.3) is 17.2 Å². The Balaban J connectivity index is 1.55. The van der Waals surface area contributed by atoms with Gasteiger partial charge in [0.2, 0.25) is 11.7 Å². The second-order valence-electron chi connectivity index (χ2n) is 6.39. The van der Waals surface area contributed by atoms with Crippen LogP contribution in [0.15, 0.2) is 53.4 Å². The summed E-state index contributed by atoms with van der Waals surface area (Å²) in [6.45, 7) is 4.14. The quantitative estimate of drug-likeness (QED) is 0.521. The highest BCUT2D eigenvalue weighted by Crippen LogP contribution is 2.17. The van der Waals surface area contributed by atoms with Crippen molar-refractivity contribution < 1.29 is 4.52 Å². The van der Waals surface area contributed by atoms with Crippen LogP contribution < -0.4 is 0 Å². The summed E-state index contributed by atoms with van der Waals surface area (Å²) in [5.41, 5.74) is 0.874. The first-order valence-corrected chi connectivity index (χ1v) is 8.81. The number of hydrogen-bond donors (Lipinski definition) is 0. The fourth-order valence-corrected chi connectivity index (χ4v) is 2.62. The van der Waals surface area contributed by atoms with Gasteiger partial charge in [0.15, 0.2) is 11.6 Å². The Hall–Kier alpha value is -3.42. The van der Waals surface area contributed by atoms with E-state index in [1.54, 1.807) is 23.3 Å². The lowest BCUT2D eigenvalue weighted by molar-refractivity contribution is 0.377. The molecule has 0 aliphatic carbocycles. The van der Waals surface area contributed by atoms with Crippen molar-refractivity contribution >= 4 is 0 Å². The van der Waals surface area contributed by atoms with Crippen molar-refractivity contribution in [3.63, 3.8) is 0 Å². The molecule has 0 spiro atoms. The van der Waals surface area contributed by atoms with Crippen molar-refractivity contribution in [3.8, 4) is 17.2 Å². The molecule has 0 aromatic carbocycles. The fourth-order valence-electron chi connectivity index (χ4n) is 2.62. The van der Waals surface area contributed by atoms with Crippen LogP contribution in [0, 0.1) is 0 Å². The SMILES string of the molecule is CC(C)c1nc(CCc2nc(-c3ccncc3)no2)n(-c2ccccn2)n1. The molecule has 0 aliphatic rings. The van der Waals surface area contributed by atoms with Crippen LogP contribution >= 0.6 is 0 Å². The first-order valence-electron chi connectivity index (χ1n) is 8.81. The molecule has 4 aromatic heterocycles. The molecule has 0 atom stereocenters. The molecule has 0 unspecified atom stereocenters. The van der Waals surface area contributed by atoms with E-state index in [4.69, 9.17) is 4.52 Å². The van der Waals surface area contributed by atoms with E-state index in [9.17, 15) is 0 Å². The Morgan fingerprint density at radius 1 is 1.00 bits per heavy atom. The van der Waals surface area contributed by atoms with Gasteiger partial charge >= 0.3 is 0 Å². The number of nitrogens with zero attached hydrogens (tertiary/aromatic N) is 7. The Labute approximate surface area is 156 Å². The van der Waals surface area contributed by atoms with Crippen LogP contribution in [0.5, 0.6) is 0 Å². The molecule has 0 aliphatic heterocycles. The van der Waals surface area contributed by atoms with Gasteiger partial charge in [-0.2, -0.15) is 9.67 Å². The Bertz CT molecular complexity index is 1010. The van der Waals surface area contributed by atoms with Crippen molar-refractivity contribution in [1.82, 2.24) is 34.9 Å². The van der Waals surface area contributed by atoms with E-state index >= 15 is 0 Å². The van der Waals surface area contributed by atoms with Crippen molar-refractivity contribution in [2.24, 2.45) is 0 Å². The van der Waals surface area contributed by atoms with Crippen molar-refractivity contribution in [2.75, 3.05) is 0 Å². The molecule has 4 heterocycles. The molecular weight excluding hydrogens is 342 g/mol. The lowest BCUT2D eigenvalue weighted by Crippen LogP contribution is -2.06. The van der Waals surface area contributed by atoms with E-state index in [-0.39, 0.29) is 5.92 Å². The lowest BCUT2D eigenvalue weighted by Gasteiger charge is -2.03. The highest BCUT2D eigenvalue weighted by Gasteiger charge is 2.16. The molecule has 8 nitrogen and oxygen atoms in total. The molecule has 4 aromatic rings. The standard InChI is InChI=1S/C19H19N7O/c1-13(2)18-22-16(26(24-18)15-5-3-4-10-21-15)6-7-17-23-19(25-27-17)14-8-11-20-12-9-14/h3-5,8-13H,6-7H2,1-2H3. The van der Waals surface area contributed by atoms with Crippen LogP contribution in [0.3, 0.4) is 0 Å². The third kappa shape index (κ3) is 3.74. The highest BCUT2D eigenvalue weighted by molar-refractivity contribution is 5.52. The maximum absolute atomic E-state index is 5.39. The predicted octanol–water partition coefficient (Wildman–Crippen LogP) is 3.02. The molecule has 27 heavy (non-hydrogen) atoms. The van der Waals surface area contributed by atoms with Crippen LogP contribution in [0.1, 0.15) is 37.3 Å². The summed E-state index contributed by atoms with van der Waals surface area (Å²) < 4.78 is 7.17. The summed E-state index contributed by atoms with van der Waals surface area (Å²) in [6, 6.07) is 9.42. The number of pyridine rings is 2. The van der Waals surface area contributed by atoms with E-state index in [1.807, 2.05) is 30.3 Å². The molecule has 0 amide bonds. The second-order valence-corrected chi connectivity index (χ2v) is 6.39. The van der Waals surface area contributed by atoms with Crippen LogP contribution in [0.4, 0.5) is 0 Å². The molecule has 0 fully saturated rings. The molecule has 0 saturated heterocycles. The lowest BCUT2D eigenvalue weighted by atomic mass is 10.2. The van der Waals surface area contributed by atoms with E-state index < -0.39 is 0 Å². The third-order valence-corrected chi connectivity index (χ3v) is 4.04. The molecule has 0 saturated carbocycles. The minimum atomic E-state index is 0.232. The molecule has 0 bridgehead atoms. The zero-order valence-corrected chi connectivity index (χ0v) is 15.1. The number of rotatable bonds is 6. The third-order valence-electron chi connectivity index (χ3n) is 4.04. The first-order chi connectivity index (χ1) is 13.2. The molecule has 4 rings (SSSR count). The minimum Gasteiger partial charge on any atom is -0.339 e. The van der Waals surface area contributed by atoms with Crippen LogP contribution in [-0.2, 0) is 12.8 Å². The molecule has 136 valence electrons. The summed E-state index contributed by atoms with van der Waals surface area (Å²) in [5, 5.41) is 8.66. The van der Waals surface area contributed by atoms with E-state index in [1.165, 1.54) is 0 Å². The van der Waals surface area contributed by atoms with Gasteiger partial charge in [-0.05, 0) is 24.3 Å². The van der Waals surface area contributed by atoms with Crippen molar-refractivity contribution in [2.45, 2.75) is 32.6 Å². The van der Waals surface area contributed by atoms with Gasteiger partial charge in [-0.3, -0.25) is 4.98 Å². The molecule has 0 N–H and O–H groups in total. The average Bonchev–Trinajstić information content (AvgIpc) is 3.35. The predicted molar refractivity (Wildman–Crippen MR) is 98.2 cm³/mol. The number of aromatic nitrogens is 7. The monoisotopic (exact) mass is 361 g/mol. The average molecular weight is 361 g/mol. The molecular formula is C19H19N7O. The zero-order chi connectivity index (χ0) is 18.6. The van der Waals surface area contributed by atoms with E-state index in [2.05, 4.69) is 44.0 Å². The Morgan fingerprint density at radius 2 is 1.85 bits per heavy atom. The van der Waals surface area contributed by atoms with Crippen LogP contribution in [0.2, 0.25) is 0 Å². The first kappa shape index (κ1) is 17.0. The van der Waals surface area contributed by atoms with Gasteiger partial charge in [-0.25, -0.2) is 9.97 Å². The normalized spacial score (nSPS) is 11.2. The number of aryl methyl sites for hydroxylation is 2. The van der Waals surface area contributed by atoms with Crippen LogP contribution in [-0.4, -0.2) is 34.9 Å². The summed E-state index contributed by atoms with van der Waals surface area (Å²) in [7, 11) is 0. The Morgan fingerprint density at radius 3 is 2.59 bits per heavy atom. The number of hydrogen-bond acceptors (Lipinski definition) is 7. The van der Waals surface area contributed by atoms with E-state index in [0.29, 0.717) is 24.6 Å². The van der Waals surface area contributed by atoms with Gasteiger partial charge in [-0.15, -0.1) is 5.10 Å². The second kappa shape index (κ2) is 7.45. The minimum absolute atomic E-state index is 0.232. The highest BCUT2D eigenvalue weighted by atomic mass is 16.5. The van der Waals surface area contributed by atoms with Gasteiger partial charge in [0.05, 0.1) is 0 Å². The van der Waals surface area contributed by atoms with Gasteiger partial charge in [0, 0.05) is 42.9 Å². The Kier molecular flexibility index (Phi) is 4.69. The van der Waals surface area contributed by atoms with Crippen molar-refractivity contribution in [3.05, 3.63) is 66.5 Å². The van der Waals surface area contributed by atoms with Gasteiger partial charge in [0.25, 0.3) is 0 Å². The van der Waals surface area contributed by atoms with Crippen molar-refractivity contribution in [1.29, 1.82) is 0 Å². The van der Waals surface area contributed by atoms with E-state index in [0.717, 1.165) is 23.0 Å². The van der Waals surface area contributed by atoms with Gasteiger partial charge in [-0.1, -0.05) is 25.1 Å². The fraction of sp³-hybridized carbons (Fsp3) is 0.263. The van der Waals surface area contributed by atoms with Gasteiger partial charge < -0.3 is 4.52 Å². The largest absolute Gasteiger partial charge is 0.339 e. The maximum atomic E-state index is 5.39. The zero-order valence-electron chi connectivity index (χ0n) is 15.1.